The second kappa shape index (κ2) is 9.13. The maximum absolute atomic E-state index is 12.2. The van der Waals surface area contributed by atoms with E-state index in [2.05, 4.69) is 31.1 Å². The van der Waals surface area contributed by atoms with Crippen molar-refractivity contribution in [3.63, 3.8) is 0 Å². The smallest absolute Gasteiger partial charge is 0.119 e. The van der Waals surface area contributed by atoms with Gasteiger partial charge >= 0.3 is 0 Å². The minimum Gasteiger partial charge on any atom is -0.497 e. The van der Waals surface area contributed by atoms with Crippen molar-refractivity contribution < 1.29 is 9.84 Å². The third-order valence-corrected chi connectivity index (χ3v) is 5.85. The number of nitrogens with zero attached hydrogens (tertiary/aromatic N) is 1. The van der Waals surface area contributed by atoms with Crippen LogP contribution in [0.2, 0.25) is 5.02 Å². The summed E-state index contributed by atoms with van der Waals surface area (Å²) in [5, 5.41) is 12.9. The van der Waals surface area contributed by atoms with E-state index in [1.54, 1.807) is 7.11 Å². The molecular weight excluding hydrogens is 370 g/mol. The number of methoxy groups -OCH3 is 1. The van der Waals surface area contributed by atoms with Crippen molar-refractivity contribution in [3.05, 3.63) is 70.3 Å². The molecule has 0 aliphatic heterocycles. The van der Waals surface area contributed by atoms with Gasteiger partial charge in [-0.05, 0) is 74.3 Å². The van der Waals surface area contributed by atoms with Gasteiger partial charge in [0, 0.05) is 17.5 Å². The van der Waals surface area contributed by atoms with Gasteiger partial charge in [0.05, 0.1) is 7.11 Å². The number of hydrogen-bond acceptors (Lipinski definition) is 3. The summed E-state index contributed by atoms with van der Waals surface area (Å²) in [4.78, 5) is 2.16. The van der Waals surface area contributed by atoms with E-state index in [0.717, 1.165) is 54.7 Å². The Morgan fingerprint density at radius 1 is 1.18 bits per heavy atom. The number of ether oxygens (including phenoxy) is 1. The fraction of sp³-hybridized carbons (Fsp3) is 0.417. The lowest BCUT2D eigenvalue weighted by atomic mass is 9.74. The lowest BCUT2D eigenvalue weighted by Crippen LogP contribution is -2.41. The first-order chi connectivity index (χ1) is 13.4. The van der Waals surface area contributed by atoms with E-state index in [0.29, 0.717) is 5.02 Å². The first-order valence-corrected chi connectivity index (χ1v) is 10.3. The van der Waals surface area contributed by atoms with Crippen LogP contribution in [-0.2, 0) is 5.60 Å². The summed E-state index contributed by atoms with van der Waals surface area (Å²) < 4.78 is 5.38. The molecule has 3 rings (SSSR count). The van der Waals surface area contributed by atoms with Crippen molar-refractivity contribution in [2.45, 2.75) is 31.3 Å². The molecule has 2 aromatic carbocycles. The van der Waals surface area contributed by atoms with E-state index in [1.807, 2.05) is 42.5 Å². The highest BCUT2D eigenvalue weighted by atomic mass is 35.5. The van der Waals surface area contributed by atoms with Crippen LogP contribution in [0.4, 0.5) is 0 Å². The lowest BCUT2D eigenvalue weighted by Gasteiger charge is -2.39. The van der Waals surface area contributed by atoms with E-state index in [4.69, 9.17) is 16.3 Å². The summed E-state index contributed by atoms with van der Waals surface area (Å²) in [5.41, 5.74) is 1.92. The molecule has 150 valence electrons. The molecule has 1 aliphatic carbocycles. The van der Waals surface area contributed by atoms with E-state index in [1.165, 1.54) is 0 Å². The third-order valence-electron chi connectivity index (χ3n) is 5.61. The van der Waals surface area contributed by atoms with Gasteiger partial charge in [0.15, 0.2) is 0 Å². The zero-order valence-electron chi connectivity index (χ0n) is 17.0. The lowest BCUT2D eigenvalue weighted by molar-refractivity contribution is 0.000491. The Labute approximate surface area is 173 Å². The number of hydrogen-bond donors (Lipinski definition) is 1. The van der Waals surface area contributed by atoms with Crippen molar-refractivity contribution in [3.8, 4) is 5.75 Å². The quantitative estimate of drug-likeness (QED) is 0.686. The Kier molecular flexibility index (Phi) is 6.82. The van der Waals surface area contributed by atoms with Crippen molar-refractivity contribution in [2.24, 2.45) is 5.92 Å². The Morgan fingerprint density at radius 2 is 1.96 bits per heavy atom. The van der Waals surface area contributed by atoms with Crippen LogP contribution in [-0.4, -0.2) is 37.8 Å². The van der Waals surface area contributed by atoms with Gasteiger partial charge in [0.2, 0.25) is 0 Å². The summed E-state index contributed by atoms with van der Waals surface area (Å²) in [6, 6.07) is 15.7. The standard InChI is InChI=1S/C24H30ClNO2/c1-26(2)17-21-10-5-4-9-19(14-18-8-6-13-23(15-18)28-3)24(21,27)20-11-7-12-22(25)16-20/h6-8,11-16,21,27H,4-5,9-10,17H2,1-3H3/b19-14+. The van der Waals surface area contributed by atoms with Crippen LogP contribution in [0.25, 0.3) is 6.08 Å². The fourth-order valence-electron chi connectivity index (χ4n) is 4.29. The maximum Gasteiger partial charge on any atom is 0.119 e. The van der Waals surface area contributed by atoms with E-state index in [-0.39, 0.29) is 5.92 Å². The van der Waals surface area contributed by atoms with Crippen LogP contribution >= 0.6 is 11.6 Å². The minimum absolute atomic E-state index is 0.0975. The molecule has 4 heteroatoms. The first-order valence-electron chi connectivity index (χ1n) is 9.91. The van der Waals surface area contributed by atoms with Gasteiger partial charge in [0.1, 0.15) is 11.4 Å². The van der Waals surface area contributed by atoms with E-state index in [9.17, 15) is 5.11 Å². The monoisotopic (exact) mass is 399 g/mol. The maximum atomic E-state index is 12.2. The minimum atomic E-state index is -1.05. The van der Waals surface area contributed by atoms with Crippen LogP contribution in [0.1, 0.15) is 36.8 Å². The summed E-state index contributed by atoms with van der Waals surface area (Å²) in [7, 11) is 5.80. The van der Waals surface area contributed by atoms with Crippen LogP contribution < -0.4 is 4.74 Å². The van der Waals surface area contributed by atoms with Crippen molar-refractivity contribution >= 4 is 17.7 Å². The van der Waals surface area contributed by atoms with Gasteiger partial charge in [-0.3, -0.25) is 0 Å². The topological polar surface area (TPSA) is 32.7 Å². The second-order valence-corrected chi connectivity index (χ2v) is 8.36. The fourth-order valence-corrected chi connectivity index (χ4v) is 4.48. The SMILES string of the molecule is COc1cccc(/C=C2\CCCCC(CN(C)C)C2(O)c2cccc(Cl)c2)c1. The molecule has 28 heavy (non-hydrogen) atoms. The number of aliphatic hydroxyl groups is 1. The van der Waals surface area contributed by atoms with Crippen LogP contribution in [0.3, 0.4) is 0 Å². The molecule has 0 radical (unpaired) electrons. The molecule has 1 fully saturated rings. The number of rotatable bonds is 5. The zero-order chi connectivity index (χ0) is 20.1. The molecule has 0 aromatic heterocycles. The molecular formula is C24H30ClNO2. The highest BCUT2D eigenvalue weighted by molar-refractivity contribution is 6.30. The predicted molar refractivity (Wildman–Crippen MR) is 117 cm³/mol. The van der Waals surface area contributed by atoms with Crippen LogP contribution in [0.15, 0.2) is 54.1 Å². The normalized spacial score (nSPS) is 24.4. The number of halogens is 1. The molecule has 1 N–H and O–H groups in total. The van der Waals surface area contributed by atoms with Crippen molar-refractivity contribution in [2.75, 3.05) is 27.7 Å². The summed E-state index contributed by atoms with van der Waals surface area (Å²) in [6.45, 7) is 0.818. The van der Waals surface area contributed by atoms with Gasteiger partial charge < -0.3 is 14.7 Å². The second-order valence-electron chi connectivity index (χ2n) is 7.93. The summed E-state index contributed by atoms with van der Waals surface area (Å²) in [5.74, 6) is 0.916. The van der Waals surface area contributed by atoms with E-state index < -0.39 is 5.60 Å². The summed E-state index contributed by atoms with van der Waals surface area (Å²) >= 11 is 6.31. The number of benzene rings is 2. The molecule has 3 nitrogen and oxygen atoms in total. The zero-order valence-corrected chi connectivity index (χ0v) is 17.7. The molecule has 0 spiro atoms. The molecule has 2 unspecified atom stereocenters. The van der Waals surface area contributed by atoms with Crippen molar-refractivity contribution in [1.29, 1.82) is 0 Å². The van der Waals surface area contributed by atoms with Crippen LogP contribution in [0, 0.1) is 5.92 Å². The Bertz CT molecular complexity index is 833. The molecule has 0 bridgehead atoms. The van der Waals surface area contributed by atoms with Crippen LogP contribution in [0.5, 0.6) is 5.75 Å². The predicted octanol–water partition coefficient (Wildman–Crippen LogP) is 5.37. The molecule has 1 aliphatic rings. The average molecular weight is 400 g/mol. The van der Waals surface area contributed by atoms with Gasteiger partial charge in [-0.25, -0.2) is 0 Å². The molecule has 2 atom stereocenters. The van der Waals surface area contributed by atoms with Gasteiger partial charge in [0.25, 0.3) is 0 Å². The molecule has 0 amide bonds. The average Bonchev–Trinajstić information content (AvgIpc) is 2.82. The van der Waals surface area contributed by atoms with E-state index >= 15 is 0 Å². The Morgan fingerprint density at radius 3 is 2.68 bits per heavy atom. The third kappa shape index (κ3) is 4.60. The summed E-state index contributed by atoms with van der Waals surface area (Å²) in [6.07, 6.45) is 6.16. The highest BCUT2D eigenvalue weighted by Gasteiger charge is 2.43. The largest absolute Gasteiger partial charge is 0.497 e. The van der Waals surface area contributed by atoms with Gasteiger partial charge in [-0.1, -0.05) is 48.4 Å². The van der Waals surface area contributed by atoms with Gasteiger partial charge in [-0.2, -0.15) is 0 Å². The molecule has 1 saturated carbocycles. The van der Waals surface area contributed by atoms with Crippen molar-refractivity contribution in [1.82, 2.24) is 4.90 Å². The molecule has 0 heterocycles. The first kappa shape index (κ1) is 20.9. The molecule has 0 saturated heterocycles. The Balaban J connectivity index is 2.14. The highest BCUT2D eigenvalue weighted by Crippen LogP contribution is 2.45. The van der Waals surface area contributed by atoms with Gasteiger partial charge in [-0.15, -0.1) is 0 Å². The Hall–Kier alpha value is -1.81. The molecule has 2 aromatic rings.